The molecule has 0 bridgehead atoms. The van der Waals surface area contributed by atoms with E-state index in [1.807, 2.05) is 12.1 Å². The second-order valence-corrected chi connectivity index (χ2v) is 5.65. The maximum atomic E-state index is 9.49. The zero-order valence-corrected chi connectivity index (χ0v) is 12.4. The predicted octanol–water partition coefficient (Wildman–Crippen LogP) is 1.28. The van der Waals surface area contributed by atoms with Gasteiger partial charge in [-0.05, 0) is 31.8 Å². The SMILES string of the molecule is CN1CCN(C)C(c2noc(Cc3cccc(O)c3)n2)C1. The molecular formula is C15H20N4O2. The first kappa shape index (κ1) is 14.0. The standard InChI is InChI=1S/C15H20N4O2/c1-18-6-7-19(2)13(10-18)15-16-14(21-17-15)9-11-4-3-5-12(20)8-11/h3-5,8,13,20H,6-7,9-10H2,1-2H3. The Balaban J connectivity index is 1.74. The normalized spacial score (nSPS) is 20.8. The van der Waals surface area contributed by atoms with Gasteiger partial charge in [0.2, 0.25) is 5.89 Å². The fraction of sp³-hybridized carbons (Fsp3) is 0.467. The molecule has 1 saturated heterocycles. The Hall–Kier alpha value is -1.92. The number of phenols is 1. The zero-order chi connectivity index (χ0) is 14.8. The van der Waals surface area contributed by atoms with Crippen molar-refractivity contribution in [2.75, 3.05) is 33.7 Å². The maximum absolute atomic E-state index is 9.49. The van der Waals surface area contributed by atoms with Crippen molar-refractivity contribution >= 4 is 0 Å². The highest BCUT2D eigenvalue weighted by Gasteiger charge is 2.27. The molecule has 0 radical (unpaired) electrons. The molecule has 6 heteroatoms. The third kappa shape index (κ3) is 3.22. The van der Waals surface area contributed by atoms with Crippen molar-refractivity contribution in [2.24, 2.45) is 0 Å². The van der Waals surface area contributed by atoms with Gasteiger partial charge in [-0.15, -0.1) is 0 Å². The summed E-state index contributed by atoms with van der Waals surface area (Å²) >= 11 is 0. The molecule has 1 aromatic heterocycles. The number of aromatic hydroxyl groups is 1. The van der Waals surface area contributed by atoms with E-state index in [9.17, 15) is 5.11 Å². The third-order valence-corrected chi connectivity index (χ3v) is 3.90. The second kappa shape index (κ2) is 5.83. The fourth-order valence-electron chi connectivity index (χ4n) is 2.61. The van der Waals surface area contributed by atoms with Crippen LogP contribution in [0.3, 0.4) is 0 Å². The number of nitrogens with zero attached hydrogens (tertiary/aromatic N) is 4. The van der Waals surface area contributed by atoms with Crippen molar-refractivity contribution in [2.45, 2.75) is 12.5 Å². The Morgan fingerprint density at radius 2 is 2.19 bits per heavy atom. The van der Waals surface area contributed by atoms with Crippen molar-refractivity contribution in [3.63, 3.8) is 0 Å². The van der Waals surface area contributed by atoms with Crippen molar-refractivity contribution in [1.29, 1.82) is 0 Å². The van der Waals surface area contributed by atoms with E-state index in [4.69, 9.17) is 4.52 Å². The molecule has 0 saturated carbocycles. The first-order valence-corrected chi connectivity index (χ1v) is 7.11. The summed E-state index contributed by atoms with van der Waals surface area (Å²) in [7, 11) is 4.19. The lowest BCUT2D eigenvalue weighted by Gasteiger charge is -2.35. The molecule has 21 heavy (non-hydrogen) atoms. The molecule has 2 heterocycles. The first-order chi connectivity index (χ1) is 10.1. The van der Waals surface area contributed by atoms with E-state index >= 15 is 0 Å². The molecule has 3 rings (SSSR count). The molecule has 0 amide bonds. The molecule has 1 aliphatic heterocycles. The summed E-state index contributed by atoms with van der Waals surface area (Å²) in [6, 6.07) is 7.28. The van der Waals surface area contributed by atoms with Crippen molar-refractivity contribution in [1.82, 2.24) is 19.9 Å². The first-order valence-electron chi connectivity index (χ1n) is 7.11. The number of phenolic OH excluding ortho intramolecular Hbond substituents is 1. The molecule has 1 N–H and O–H groups in total. The third-order valence-electron chi connectivity index (χ3n) is 3.90. The van der Waals surface area contributed by atoms with Gasteiger partial charge in [0.15, 0.2) is 5.82 Å². The number of aromatic nitrogens is 2. The Morgan fingerprint density at radius 1 is 1.33 bits per heavy atom. The predicted molar refractivity (Wildman–Crippen MR) is 78.1 cm³/mol. The van der Waals surface area contributed by atoms with E-state index in [-0.39, 0.29) is 11.8 Å². The number of hydrogen-bond donors (Lipinski definition) is 1. The maximum Gasteiger partial charge on any atom is 0.231 e. The van der Waals surface area contributed by atoms with Crippen LogP contribution in [-0.4, -0.2) is 58.8 Å². The molecule has 1 aliphatic rings. The van der Waals surface area contributed by atoms with Crippen LogP contribution in [0, 0.1) is 0 Å². The molecule has 0 spiro atoms. The van der Waals surface area contributed by atoms with E-state index < -0.39 is 0 Å². The quantitative estimate of drug-likeness (QED) is 0.918. The minimum atomic E-state index is 0.172. The number of likely N-dealkylation sites (N-methyl/N-ethyl adjacent to an activating group) is 2. The van der Waals surface area contributed by atoms with E-state index in [1.54, 1.807) is 12.1 Å². The molecular weight excluding hydrogens is 268 g/mol. The van der Waals surface area contributed by atoms with Gasteiger partial charge in [-0.25, -0.2) is 0 Å². The minimum Gasteiger partial charge on any atom is -0.508 e. The molecule has 2 aromatic rings. The van der Waals surface area contributed by atoms with Gasteiger partial charge in [-0.1, -0.05) is 17.3 Å². The minimum absolute atomic E-state index is 0.172. The van der Waals surface area contributed by atoms with E-state index in [0.717, 1.165) is 31.0 Å². The summed E-state index contributed by atoms with van der Waals surface area (Å²) < 4.78 is 5.36. The van der Waals surface area contributed by atoms with Crippen LogP contribution in [0.5, 0.6) is 5.75 Å². The lowest BCUT2D eigenvalue weighted by Crippen LogP contribution is -2.45. The van der Waals surface area contributed by atoms with Gasteiger partial charge in [-0.2, -0.15) is 4.98 Å². The molecule has 1 aromatic carbocycles. The monoisotopic (exact) mass is 288 g/mol. The van der Waals surface area contributed by atoms with E-state index in [2.05, 4.69) is 34.0 Å². The molecule has 6 nitrogen and oxygen atoms in total. The van der Waals surface area contributed by atoms with Crippen LogP contribution < -0.4 is 0 Å². The molecule has 0 aliphatic carbocycles. The summed E-state index contributed by atoms with van der Waals surface area (Å²) in [5.74, 6) is 1.57. The largest absolute Gasteiger partial charge is 0.508 e. The Morgan fingerprint density at radius 3 is 3.00 bits per heavy atom. The van der Waals surface area contributed by atoms with Crippen molar-refractivity contribution < 1.29 is 9.63 Å². The van der Waals surface area contributed by atoms with Gasteiger partial charge < -0.3 is 14.5 Å². The van der Waals surface area contributed by atoms with Gasteiger partial charge >= 0.3 is 0 Å². The molecule has 112 valence electrons. The zero-order valence-electron chi connectivity index (χ0n) is 12.4. The lowest BCUT2D eigenvalue weighted by molar-refractivity contribution is 0.108. The molecule has 1 atom stereocenters. The van der Waals surface area contributed by atoms with Crippen LogP contribution in [0.25, 0.3) is 0 Å². The highest BCUT2D eigenvalue weighted by atomic mass is 16.5. The number of benzene rings is 1. The highest BCUT2D eigenvalue weighted by Crippen LogP contribution is 2.22. The average molecular weight is 288 g/mol. The van der Waals surface area contributed by atoms with Gasteiger partial charge in [-0.3, -0.25) is 4.90 Å². The van der Waals surface area contributed by atoms with Gasteiger partial charge in [0, 0.05) is 19.6 Å². The summed E-state index contributed by atoms with van der Waals surface area (Å²) in [6.45, 7) is 2.96. The lowest BCUT2D eigenvalue weighted by atomic mass is 10.1. The van der Waals surface area contributed by atoms with E-state index in [1.165, 1.54) is 0 Å². The Labute approximate surface area is 124 Å². The summed E-state index contributed by atoms with van der Waals surface area (Å²) in [4.78, 5) is 9.04. The van der Waals surface area contributed by atoms with Crippen LogP contribution in [0.2, 0.25) is 0 Å². The van der Waals surface area contributed by atoms with Crippen LogP contribution >= 0.6 is 0 Å². The van der Waals surface area contributed by atoms with E-state index in [0.29, 0.717) is 12.3 Å². The number of rotatable bonds is 3. The van der Waals surface area contributed by atoms with Crippen molar-refractivity contribution in [3.05, 3.63) is 41.5 Å². The highest BCUT2D eigenvalue weighted by molar-refractivity contribution is 5.28. The summed E-state index contributed by atoms with van der Waals surface area (Å²) in [5, 5.41) is 13.6. The molecule has 1 fully saturated rings. The summed E-state index contributed by atoms with van der Waals surface area (Å²) in [6.07, 6.45) is 0.535. The van der Waals surface area contributed by atoms with Crippen molar-refractivity contribution in [3.8, 4) is 5.75 Å². The fourth-order valence-corrected chi connectivity index (χ4v) is 2.61. The topological polar surface area (TPSA) is 65.6 Å². The van der Waals surface area contributed by atoms with Gasteiger partial charge in [0.25, 0.3) is 0 Å². The van der Waals surface area contributed by atoms with Crippen LogP contribution in [0.4, 0.5) is 0 Å². The number of piperazine rings is 1. The van der Waals surface area contributed by atoms with Gasteiger partial charge in [0.1, 0.15) is 5.75 Å². The van der Waals surface area contributed by atoms with Gasteiger partial charge in [0.05, 0.1) is 12.5 Å². The Kier molecular flexibility index (Phi) is 3.90. The van der Waals surface area contributed by atoms with Crippen LogP contribution in [0.1, 0.15) is 23.3 Å². The summed E-state index contributed by atoms with van der Waals surface area (Å²) in [5.41, 5.74) is 0.958. The number of hydrogen-bond acceptors (Lipinski definition) is 6. The average Bonchev–Trinajstić information content (AvgIpc) is 2.90. The Bertz CT molecular complexity index is 613. The van der Waals surface area contributed by atoms with Crippen LogP contribution in [-0.2, 0) is 6.42 Å². The second-order valence-electron chi connectivity index (χ2n) is 5.65. The van der Waals surface area contributed by atoms with Crippen LogP contribution in [0.15, 0.2) is 28.8 Å². The smallest absolute Gasteiger partial charge is 0.231 e. The molecule has 1 unspecified atom stereocenters.